The van der Waals surface area contributed by atoms with Gasteiger partial charge in [-0.25, -0.2) is 4.79 Å². The van der Waals surface area contributed by atoms with Crippen LogP contribution in [0.4, 0.5) is 16.2 Å². The summed E-state index contributed by atoms with van der Waals surface area (Å²) in [5, 5.41) is 3.13. The Kier molecular flexibility index (Phi) is 7.06. The van der Waals surface area contributed by atoms with Gasteiger partial charge in [0.2, 0.25) is 0 Å². The summed E-state index contributed by atoms with van der Waals surface area (Å²) in [5.41, 5.74) is 4.02. The molecule has 150 valence electrons. The van der Waals surface area contributed by atoms with Gasteiger partial charge in [-0.15, -0.1) is 0 Å². The quantitative estimate of drug-likeness (QED) is 0.773. The van der Waals surface area contributed by atoms with Gasteiger partial charge in [0.05, 0.1) is 43.7 Å². The third kappa shape index (κ3) is 4.37. The van der Waals surface area contributed by atoms with E-state index in [1.165, 1.54) is 4.90 Å². The molecule has 0 radical (unpaired) electrons. The number of amides is 2. The number of nitrogens with one attached hydrogen (secondary N) is 2. The van der Waals surface area contributed by atoms with Gasteiger partial charge in [0.25, 0.3) is 0 Å². The second-order valence-electron chi connectivity index (χ2n) is 7.11. The van der Waals surface area contributed by atoms with Gasteiger partial charge in [0, 0.05) is 18.6 Å². The first kappa shape index (κ1) is 20.4. The molecule has 2 aromatic rings. The van der Waals surface area contributed by atoms with Crippen molar-refractivity contribution in [2.24, 2.45) is 0 Å². The van der Waals surface area contributed by atoms with Crippen molar-refractivity contribution in [1.29, 1.82) is 0 Å². The maximum Gasteiger partial charge on any atom is 0.326 e. The molecule has 5 heteroatoms. The first-order chi connectivity index (χ1) is 13.7. The molecule has 3 rings (SSSR count). The summed E-state index contributed by atoms with van der Waals surface area (Å²) in [6.07, 6.45) is 0.703. The number of ether oxygens (including phenoxy) is 1. The molecule has 2 N–H and O–H groups in total. The summed E-state index contributed by atoms with van der Waals surface area (Å²) in [6, 6.07) is 16.1. The van der Waals surface area contributed by atoms with E-state index in [4.69, 9.17) is 4.74 Å². The summed E-state index contributed by atoms with van der Waals surface area (Å²) in [5.74, 6) is 0. The summed E-state index contributed by atoms with van der Waals surface area (Å²) >= 11 is 0. The standard InChI is InChI=1S/C23H31N3O2/c1-4-25(5-2)16-15-24-23(27)26-20-13-9-7-11-18(20)17-22(28-6-3)19-12-8-10-14-21(19)26/h7-14,22H,4-6,15-17H2,1-3H3,(H,24,27)/p+1/t22-/m0/s1. The minimum absolute atomic E-state index is 0.0553. The van der Waals surface area contributed by atoms with E-state index in [9.17, 15) is 4.79 Å². The smallest absolute Gasteiger partial charge is 0.326 e. The van der Waals surface area contributed by atoms with Crippen LogP contribution in [-0.2, 0) is 11.2 Å². The predicted molar refractivity (Wildman–Crippen MR) is 113 cm³/mol. The molecule has 0 aliphatic carbocycles. The Labute approximate surface area is 168 Å². The van der Waals surface area contributed by atoms with Crippen LogP contribution < -0.4 is 15.1 Å². The minimum atomic E-state index is -0.0800. The number of carbonyl (C=O) groups excluding carboxylic acids is 1. The van der Waals surface area contributed by atoms with Crippen molar-refractivity contribution in [3.8, 4) is 0 Å². The summed E-state index contributed by atoms with van der Waals surface area (Å²) < 4.78 is 6.05. The van der Waals surface area contributed by atoms with Crippen molar-refractivity contribution in [1.82, 2.24) is 5.32 Å². The highest BCUT2D eigenvalue weighted by atomic mass is 16.5. The Morgan fingerprint density at radius 1 is 1.07 bits per heavy atom. The molecule has 1 aliphatic rings. The lowest BCUT2D eigenvalue weighted by Gasteiger charge is -2.26. The first-order valence-electron chi connectivity index (χ1n) is 10.4. The van der Waals surface area contributed by atoms with Gasteiger partial charge in [0.1, 0.15) is 0 Å². The van der Waals surface area contributed by atoms with E-state index < -0.39 is 0 Å². The van der Waals surface area contributed by atoms with E-state index in [1.54, 1.807) is 0 Å². The molecular weight excluding hydrogens is 350 g/mol. The third-order valence-electron chi connectivity index (χ3n) is 5.49. The zero-order valence-electron chi connectivity index (χ0n) is 17.2. The van der Waals surface area contributed by atoms with Crippen molar-refractivity contribution < 1.29 is 14.4 Å². The SMILES string of the molecule is CCO[C@H]1Cc2ccccc2N(C(=O)NCC[NH+](CC)CC)c2ccccc21. The van der Waals surface area contributed by atoms with Crippen molar-refractivity contribution >= 4 is 17.4 Å². The fourth-order valence-corrected chi connectivity index (χ4v) is 3.90. The Morgan fingerprint density at radius 3 is 2.46 bits per heavy atom. The van der Waals surface area contributed by atoms with E-state index in [1.807, 2.05) is 48.2 Å². The van der Waals surface area contributed by atoms with E-state index in [0.717, 1.165) is 48.6 Å². The number of urea groups is 1. The molecule has 1 heterocycles. The molecule has 0 aromatic heterocycles. The van der Waals surface area contributed by atoms with E-state index in [-0.39, 0.29) is 12.1 Å². The normalized spacial score (nSPS) is 15.7. The molecule has 0 unspecified atom stereocenters. The second kappa shape index (κ2) is 9.71. The summed E-state index contributed by atoms with van der Waals surface area (Å²) in [6.45, 7) is 10.7. The number of carbonyl (C=O) groups is 1. The molecule has 0 saturated heterocycles. The van der Waals surface area contributed by atoms with Crippen LogP contribution in [0.2, 0.25) is 0 Å². The number of fused-ring (bicyclic) bond motifs is 2. The minimum Gasteiger partial charge on any atom is -0.373 e. The van der Waals surface area contributed by atoms with Crippen molar-refractivity contribution in [2.45, 2.75) is 33.3 Å². The van der Waals surface area contributed by atoms with Gasteiger partial charge in [0.15, 0.2) is 0 Å². The number of rotatable bonds is 7. The van der Waals surface area contributed by atoms with E-state index in [2.05, 4.69) is 31.3 Å². The topological polar surface area (TPSA) is 46.0 Å². The number of anilines is 2. The maximum atomic E-state index is 13.3. The average molecular weight is 383 g/mol. The molecular formula is C23H32N3O2+. The van der Waals surface area contributed by atoms with Gasteiger partial charge in [-0.05, 0) is 38.5 Å². The molecule has 0 saturated carbocycles. The first-order valence-corrected chi connectivity index (χ1v) is 10.4. The molecule has 0 spiro atoms. The highest BCUT2D eigenvalue weighted by molar-refractivity contribution is 6.01. The Bertz CT molecular complexity index is 789. The van der Waals surface area contributed by atoms with Crippen molar-refractivity contribution in [3.63, 3.8) is 0 Å². The number of likely N-dealkylation sites (N-methyl/N-ethyl adjacent to an activating group) is 1. The Morgan fingerprint density at radius 2 is 1.75 bits per heavy atom. The molecule has 28 heavy (non-hydrogen) atoms. The van der Waals surface area contributed by atoms with Crippen LogP contribution in [0.15, 0.2) is 48.5 Å². The van der Waals surface area contributed by atoms with Gasteiger partial charge in [-0.2, -0.15) is 0 Å². The van der Waals surface area contributed by atoms with Crippen LogP contribution in [0.1, 0.15) is 38.0 Å². The number of quaternary nitrogens is 1. The van der Waals surface area contributed by atoms with Crippen LogP contribution >= 0.6 is 0 Å². The van der Waals surface area contributed by atoms with E-state index >= 15 is 0 Å². The molecule has 0 fully saturated rings. The fourth-order valence-electron chi connectivity index (χ4n) is 3.90. The molecule has 2 amide bonds. The second-order valence-corrected chi connectivity index (χ2v) is 7.11. The summed E-state index contributed by atoms with van der Waals surface area (Å²) in [7, 11) is 0. The molecule has 1 aliphatic heterocycles. The van der Waals surface area contributed by atoms with Crippen molar-refractivity contribution in [2.75, 3.05) is 37.7 Å². The van der Waals surface area contributed by atoms with Gasteiger partial charge >= 0.3 is 6.03 Å². The van der Waals surface area contributed by atoms with Gasteiger partial charge < -0.3 is 15.0 Å². The van der Waals surface area contributed by atoms with E-state index in [0.29, 0.717) is 13.2 Å². The van der Waals surface area contributed by atoms with Crippen LogP contribution in [0.25, 0.3) is 0 Å². The highest BCUT2D eigenvalue weighted by Crippen LogP contribution is 2.41. The molecule has 2 aromatic carbocycles. The lowest BCUT2D eigenvalue weighted by molar-refractivity contribution is -0.895. The Hall–Kier alpha value is -2.37. The average Bonchev–Trinajstić information content (AvgIpc) is 2.86. The van der Waals surface area contributed by atoms with Gasteiger partial charge in [-0.1, -0.05) is 36.4 Å². The zero-order chi connectivity index (χ0) is 19.9. The molecule has 5 nitrogen and oxygen atoms in total. The summed E-state index contributed by atoms with van der Waals surface area (Å²) in [4.78, 5) is 16.6. The number of hydrogen-bond acceptors (Lipinski definition) is 2. The number of nitrogens with zero attached hydrogens (tertiary/aromatic N) is 1. The van der Waals surface area contributed by atoms with Gasteiger partial charge in [-0.3, -0.25) is 4.90 Å². The number of benzene rings is 2. The number of para-hydroxylation sites is 2. The zero-order valence-corrected chi connectivity index (χ0v) is 17.2. The van der Waals surface area contributed by atoms with Crippen LogP contribution in [-0.4, -0.2) is 38.8 Å². The fraction of sp³-hybridized carbons (Fsp3) is 0.435. The van der Waals surface area contributed by atoms with Crippen LogP contribution in [0.3, 0.4) is 0 Å². The van der Waals surface area contributed by atoms with Crippen LogP contribution in [0, 0.1) is 0 Å². The maximum absolute atomic E-state index is 13.3. The van der Waals surface area contributed by atoms with Crippen molar-refractivity contribution in [3.05, 3.63) is 59.7 Å². The molecule has 0 bridgehead atoms. The monoisotopic (exact) mass is 382 g/mol. The lowest BCUT2D eigenvalue weighted by Crippen LogP contribution is -3.12. The number of hydrogen-bond donors (Lipinski definition) is 2. The van der Waals surface area contributed by atoms with Crippen LogP contribution in [0.5, 0.6) is 0 Å². The Balaban J connectivity index is 1.93. The lowest BCUT2D eigenvalue weighted by atomic mass is 10.0. The third-order valence-corrected chi connectivity index (χ3v) is 5.49. The molecule has 1 atom stereocenters. The highest BCUT2D eigenvalue weighted by Gasteiger charge is 2.30. The predicted octanol–water partition coefficient (Wildman–Crippen LogP) is 3.09. The largest absolute Gasteiger partial charge is 0.373 e.